The van der Waals surface area contributed by atoms with E-state index in [1.54, 1.807) is 18.2 Å². The lowest BCUT2D eigenvalue weighted by Gasteiger charge is -2.07. The zero-order valence-corrected chi connectivity index (χ0v) is 8.83. The summed E-state index contributed by atoms with van der Waals surface area (Å²) in [5.41, 5.74) is 6.51. The predicted octanol–water partition coefficient (Wildman–Crippen LogP) is 2.43. The van der Waals surface area contributed by atoms with E-state index in [1.807, 2.05) is 24.3 Å². The highest BCUT2D eigenvalue weighted by atomic mass is 32.1. The van der Waals surface area contributed by atoms with Gasteiger partial charge in [-0.3, -0.25) is 4.79 Å². The fraction of sp³-hybridized carbons (Fsp3) is 0.0833. The molecule has 0 fully saturated rings. The van der Waals surface area contributed by atoms with Gasteiger partial charge in [0.2, 0.25) is 0 Å². The molecule has 2 aromatic rings. The fourth-order valence-electron chi connectivity index (χ4n) is 1.33. The second kappa shape index (κ2) is 4.38. The molecule has 1 atom stereocenters. The van der Waals surface area contributed by atoms with Gasteiger partial charge in [-0.15, -0.1) is 11.3 Å². The molecule has 0 aliphatic carbocycles. The van der Waals surface area contributed by atoms with E-state index in [0.717, 1.165) is 4.88 Å². The molecule has 1 unspecified atom stereocenters. The first-order valence-corrected chi connectivity index (χ1v) is 5.41. The van der Waals surface area contributed by atoms with Gasteiger partial charge in [0.1, 0.15) is 6.04 Å². The zero-order chi connectivity index (χ0) is 10.7. The minimum absolute atomic E-state index is 0.0496. The van der Waals surface area contributed by atoms with Gasteiger partial charge in [0.15, 0.2) is 5.78 Å². The number of benzene rings is 1. The molecule has 1 radical (unpaired) electrons. The second-order valence-corrected chi connectivity index (χ2v) is 4.07. The van der Waals surface area contributed by atoms with Crippen LogP contribution in [-0.4, -0.2) is 5.78 Å². The first kappa shape index (κ1) is 10.1. The van der Waals surface area contributed by atoms with Crippen LogP contribution in [0.2, 0.25) is 0 Å². The van der Waals surface area contributed by atoms with Crippen LogP contribution in [0, 0.1) is 5.38 Å². The van der Waals surface area contributed by atoms with E-state index in [-0.39, 0.29) is 5.78 Å². The van der Waals surface area contributed by atoms with Crippen LogP contribution < -0.4 is 5.73 Å². The molecule has 0 amide bonds. The van der Waals surface area contributed by atoms with Crippen LogP contribution in [0.4, 0.5) is 0 Å². The Morgan fingerprint density at radius 1 is 1.27 bits per heavy atom. The maximum Gasteiger partial charge on any atom is 0.184 e. The maximum atomic E-state index is 11.9. The average molecular weight is 216 g/mol. The normalized spacial score (nSPS) is 12.3. The van der Waals surface area contributed by atoms with E-state index in [9.17, 15) is 4.79 Å². The van der Waals surface area contributed by atoms with Gasteiger partial charge in [0.05, 0.1) is 0 Å². The summed E-state index contributed by atoms with van der Waals surface area (Å²) >= 11 is 1.38. The van der Waals surface area contributed by atoms with E-state index >= 15 is 0 Å². The van der Waals surface area contributed by atoms with Crippen molar-refractivity contribution < 1.29 is 4.79 Å². The Hall–Kier alpha value is -1.45. The van der Waals surface area contributed by atoms with Gasteiger partial charge in [-0.2, -0.15) is 0 Å². The van der Waals surface area contributed by atoms with Crippen molar-refractivity contribution >= 4 is 17.1 Å². The molecule has 0 saturated heterocycles. The summed E-state index contributed by atoms with van der Waals surface area (Å²) in [6.07, 6.45) is 0. The largest absolute Gasteiger partial charge is 0.317 e. The molecule has 1 aromatic heterocycles. The van der Waals surface area contributed by atoms with Crippen molar-refractivity contribution in [2.45, 2.75) is 6.04 Å². The van der Waals surface area contributed by atoms with E-state index in [0.29, 0.717) is 5.56 Å². The second-order valence-electron chi connectivity index (χ2n) is 3.16. The van der Waals surface area contributed by atoms with Crippen LogP contribution in [0.25, 0.3) is 0 Å². The molecule has 0 saturated carbocycles. The highest BCUT2D eigenvalue weighted by Gasteiger charge is 2.17. The standard InChI is InChI=1S/C12H10NOS/c13-11(10-7-4-8-15-10)12(14)9-5-2-1-3-6-9/h1-7,11H,13H2. The SMILES string of the molecule is NC(C(=O)c1ccccc1)c1cc[c]s1. The lowest BCUT2D eigenvalue weighted by atomic mass is 10.0. The van der Waals surface area contributed by atoms with Gasteiger partial charge >= 0.3 is 0 Å². The van der Waals surface area contributed by atoms with Crippen LogP contribution in [0.5, 0.6) is 0 Å². The van der Waals surface area contributed by atoms with Crippen LogP contribution in [0.1, 0.15) is 21.3 Å². The number of Topliss-reactive ketones (excluding diaryl/α,β-unsaturated/α-hetero) is 1. The van der Waals surface area contributed by atoms with Gasteiger partial charge < -0.3 is 5.73 Å². The van der Waals surface area contributed by atoms with Gasteiger partial charge in [-0.25, -0.2) is 0 Å². The van der Waals surface area contributed by atoms with Crippen LogP contribution in [0.3, 0.4) is 0 Å². The molecule has 0 bridgehead atoms. The van der Waals surface area contributed by atoms with Gasteiger partial charge in [-0.05, 0) is 12.1 Å². The molecule has 2 N–H and O–H groups in total. The molecule has 0 aliphatic rings. The highest BCUT2D eigenvalue weighted by Crippen LogP contribution is 2.20. The number of ketones is 1. The van der Waals surface area contributed by atoms with Gasteiger partial charge in [0.25, 0.3) is 0 Å². The monoisotopic (exact) mass is 216 g/mol. The summed E-state index contributed by atoms with van der Waals surface area (Å²) in [4.78, 5) is 12.8. The lowest BCUT2D eigenvalue weighted by molar-refractivity contribution is 0.0962. The number of thiophene rings is 1. The zero-order valence-electron chi connectivity index (χ0n) is 8.01. The third-order valence-corrected chi connectivity index (χ3v) is 3.02. The molecular weight excluding hydrogens is 206 g/mol. The van der Waals surface area contributed by atoms with Crippen LogP contribution in [0.15, 0.2) is 42.5 Å². The molecule has 0 aliphatic heterocycles. The van der Waals surface area contributed by atoms with Crippen molar-refractivity contribution in [3.63, 3.8) is 0 Å². The van der Waals surface area contributed by atoms with Crippen molar-refractivity contribution in [3.05, 3.63) is 58.3 Å². The molecule has 75 valence electrons. The maximum absolute atomic E-state index is 11.9. The number of carbonyl (C=O) groups is 1. The number of carbonyl (C=O) groups excluding carboxylic acids is 1. The summed E-state index contributed by atoms with van der Waals surface area (Å²) in [5.74, 6) is -0.0496. The van der Waals surface area contributed by atoms with Crippen LogP contribution >= 0.6 is 11.3 Å². The number of rotatable bonds is 3. The topological polar surface area (TPSA) is 43.1 Å². The molecular formula is C12H10NOS. The van der Waals surface area contributed by atoms with Gasteiger partial charge in [0, 0.05) is 15.8 Å². The Bertz CT molecular complexity index is 436. The number of nitrogens with two attached hydrogens (primary N) is 1. The molecule has 2 nitrogen and oxygen atoms in total. The fourth-order valence-corrected chi connectivity index (χ4v) is 1.97. The quantitative estimate of drug-likeness (QED) is 0.801. The molecule has 1 heterocycles. The summed E-state index contributed by atoms with van der Waals surface area (Å²) in [6, 6.07) is 12.1. The number of hydrogen-bond donors (Lipinski definition) is 1. The molecule has 1 aromatic carbocycles. The van der Waals surface area contributed by atoms with Crippen molar-refractivity contribution in [3.8, 4) is 0 Å². The average Bonchev–Trinajstić information content (AvgIpc) is 2.82. The molecule has 3 heteroatoms. The Morgan fingerprint density at radius 3 is 2.60 bits per heavy atom. The van der Waals surface area contributed by atoms with Crippen molar-refractivity contribution in [2.24, 2.45) is 5.73 Å². The summed E-state index contributed by atoms with van der Waals surface area (Å²) in [7, 11) is 0. The summed E-state index contributed by atoms with van der Waals surface area (Å²) in [6.45, 7) is 0. The van der Waals surface area contributed by atoms with E-state index < -0.39 is 6.04 Å². The minimum atomic E-state index is -0.566. The summed E-state index contributed by atoms with van der Waals surface area (Å²) in [5, 5.41) is 2.93. The first-order chi connectivity index (χ1) is 7.29. The van der Waals surface area contributed by atoms with Crippen molar-refractivity contribution in [1.29, 1.82) is 0 Å². The van der Waals surface area contributed by atoms with Gasteiger partial charge in [-0.1, -0.05) is 30.3 Å². The summed E-state index contributed by atoms with van der Waals surface area (Å²) < 4.78 is 0. The van der Waals surface area contributed by atoms with Crippen molar-refractivity contribution in [1.82, 2.24) is 0 Å². The van der Waals surface area contributed by atoms with E-state index in [4.69, 9.17) is 5.73 Å². The molecule has 0 spiro atoms. The minimum Gasteiger partial charge on any atom is -0.317 e. The predicted molar refractivity (Wildman–Crippen MR) is 60.9 cm³/mol. The Morgan fingerprint density at radius 2 is 2.00 bits per heavy atom. The Balaban J connectivity index is 2.23. The Kier molecular flexibility index (Phi) is 2.94. The number of hydrogen-bond acceptors (Lipinski definition) is 3. The Labute approximate surface area is 92.4 Å². The molecule has 2 rings (SSSR count). The molecule has 15 heavy (non-hydrogen) atoms. The lowest BCUT2D eigenvalue weighted by Crippen LogP contribution is -2.20. The van der Waals surface area contributed by atoms with E-state index in [2.05, 4.69) is 5.38 Å². The first-order valence-electron chi connectivity index (χ1n) is 4.59. The van der Waals surface area contributed by atoms with Crippen molar-refractivity contribution in [2.75, 3.05) is 0 Å². The smallest absolute Gasteiger partial charge is 0.184 e. The highest BCUT2D eigenvalue weighted by molar-refractivity contribution is 7.09. The van der Waals surface area contributed by atoms with E-state index in [1.165, 1.54) is 11.3 Å². The third-order valence-electron chi connectivity index (χ3n) is 2.14. The van der Waals surface area contributed by atoms with Crippen LogP contribution in [-0.2, 0) is 0 Å². The third kappa shape index (κ3) is 2.14.